The summed E-state index contributed by atoms with van der Waals surface area (Å²) >= 11 is 1.24. The largest absolute Gasteiger partial charge is 0.326 e. The molecular formula is C19H16F2N2OS. The molecule has 3 rings (SSSR count). The summed E-state index contributed by atoms with van der Waals surface area (Å²) in [4.78, 5) is 16.4. The van der Waals surface area contributed by atoms with Crippen molar-refractivity contribution in [3.05, 3.63) is 70.1 Å². The van der Waals surface area contributed by atoms with Crippen LogP contribution in [0, 0.1) is 11.6 Å². The summed E-state index contributed by atoms with van der Waals surface area (Å²) in [5.74, 6) is -1.28. The highest BCUT2D eigenvalue weighted by Gasteiger charge is 2.13. The van der Waals surface area contributed by atoms with Gasteiger partial charge in [-0.05, 0) is 42.3 Å². The molecule has 0 saturated heterocycles. The Morgan fingerprint density at radius 1 is 1.16 bits per heavy atom. The second-order valence-electron chi connectivity index (χ2n) is 5.53. The van der Waals surface area contributed by atoms with E-state index in [0.29, 0.717) is 10.7 Å². The average Bonchev–Trinajstić information content (AvgIpc) is 3.05. The van der Waals surface area contributed by atoms with Crippen LogP contribution in [0.5, 0.6) is 0 Å². The topological polar surface area (TPSA) is 42.0 Å². The molecule has 1 heterocycles. The number of anilines is 1. The first-order valence-corrected chi connectivity index (χ1v) is 8.71. The Morgan fingerprint density at radius 3 is 2.64 bits per heavy atom. The second-order valence-corrected chi connectivity index (χ2v) is 6.47. The summed E-state index contributed by atoms with van der Waals surface area (Å²) in [5, 5.41) is 4.97. The smallest absolute Gasteiger partial charge is 0.231 e. The molecule has 0 radical (unpaired) electrons. The third kappa shape index (κ3) is 4.28. The number of nitrogens with zero attached hydrogens (tertiary/aromatic N) is 1. The number of rotatable bonds is 5. The maximum atomic E-state index is 13.8. The zero-order chi connectivity index (χ0) is 17.8. The van der Waals surface area contributed by atoms with Gasteiger partial charge in [-0.25, -0.2) is 13.8 Å². The Hall–Kier alpha value is -2.60. The standard InChI is InChI=1S/C19H16F2N2OS/c1-2-12-3-6-14(7-4-12)22-18(24)10-19-23-17(11-25-19)15-9-13(20)5-8-16(15)21/h3-9,11H,2,10H2,1H3,(H,22,24). The molecule has 0 unspecified atom stereocenters. The van der Waals surface area contributed by atoms with E-state index in [-0.39, 0.29) is 17.9 Å². The van der Waals surface area contributed by atoms with E-state index < -0.39 is 11.6 Å². The molecule has 1 amide bonds. The molecular weight excluding hydrogens is 342 g/mol. The minimum atomic E-state index is -0.543. The van der Waals surface area contributed by atoms with Crippen molar-refractivity contribution in [2.75, 3.05) is 5.32 Å². The van der Waals surface area contributed by atoms with E-state index in [0.717, 1.165) is 30.3 Å². The van der Waals surface area contributed by atoms with E-state index in [9.17, 15) is 13.6 Å². The predicted molar refractivity (Wildman–Crippen MR) is 95.6 cm³/mol. The van der Waals surface area contributed by atoms with Gasteiger partial charge in [0.05, 0.1) is 12.1 Å². The molecule has 0 spiro atoms. The summed E-state index contributed by atoms with van der Waals surface area (Å²) in [6, 6.07) is 10.9. The van der Waals surface area contributed by atoms with E-state index in [2.05, 4.69) is 17.2 Å². The lowest BCUT2D eigenvalue weighted by molar-refractivity contribution is -0.115. The minimum Gasteiger partial charge on any atom is -0.326 e. The van der Waals surface area contributed by atoms with Gasteiger partial charge in [0, 0.05) is 16.6 Å². The van der Waals surface area contributed by atoms with Gasteiger partial charge < -0.3 is 5.32 Å². The molecule has 3 aromatic rings. The summed E-state index contributed by atoms with van der Waals surface area (Å²) in [6.07, 6.45) is 1.02. The zero-order valence-electron chi connectivity index (χ0n) is 13.6. The quantitative estimate of drug-likeness (QED) is 0.710. The molecule has 0 bridgehead atoms. The fourth-order valence-electron chi connectivity index (χ4n) is 2.38. The number of benzene rings is 2. The Bertz CT molecular complexity index is 891. The number of carbonyl (C=O) groups is 1. The molecule has 25 heavy (non-hydrogen) atoms. The maximum Gasteiger partial charge on any atom is 0.231 e. The number of thiazole rings is 1. The Labute approximate surface area is 148 Å². The highest BCUT2D eigenvalue weighted by atomic mass is 32.1. The van der Waals surface area contributed by atoms with Crippen LogP contribution in [0.3, 0.4) is 0 Å². The van der Waals surface area contributed by atoms with Crippen molar-refractivity contribution in [2.45, 2.75) is 19.8 Å². The van der Waals surface area contributed by atoms with Crippen LogP contribution in [0.4, 0.5) is 14.5 Å². The van der Waals surface area contributed by atoms with Crippen LogP contribution in [0.15, 0.2) is 47.8 Å². The summed E-state index contributed by atoms with van der Waals surface area (Å²) < 4.78 is 27.1. The molecule has 128 valence electrons. The molecule has 3 nitrogen and oxygen atoms in total. The number of hydrogen-bond acceptors (Lipinski definition) is 3. The van der Waals surface area contributed by atoms with Crippen LogP contribution in [0.25, 0.3) is 11.3 Å². The lowest BCUT2D eigenvalue weighted by Crippen LogP contribution is -2.14. The van der Waals surface area contributed by atoms with Crippen LogP contribution < -0.4 is 5.32 Å². The first kappa shape index (κ1) is 17.2. The van der Waals surface area contributed by atoms with Crippen LogP contribution in [-0.4, -0.2) is 10.9 Å². The third-order valence-corrected chi connectivity index (χ3v) is 4.56. The Morgan fingerprint density at radius 2 is 1.92 bits per heavy atom. The first-order chi connectivity index (χ1) is 12.0. The van der Waals surface area contributed by atoms with Crippen molar-refractivity contribution in [1.29, 1.82) is 0 Å². The Balaban J connectivity index is 1.68. The molecule has 0 saturated carbocycles. The van der Waals surface area contributed by atoms with Crippen molar-refractivity contribution in [2.24, 2.45) is 0 Å². The van der Waals surface area contributed by atoms with E-state index in [1.807, 2.05) is 24.3 Å². The van der Waals surface area contributed by atoms with Gasteiger partial charge in [0.2, 0.25) is 5.91 Å². The number of carbonyl (C=O) groups excluding carboxylic acids is 1. The number of aromatic nitrogens is 1. The van der Waals surface area contributed by atoms with Crippen molar-refractivity contribution in [3.63, 3.8) is 0 Å². The number of amides is 1. The molecule has 6 heteroatoms. The second kappa shape index (κ2) is 7.53. The number of hydrogen-bond donors (Lipinski definition) is 1. The molecule has 0 aliphatic carbocycles. The number of nitrogens with one attached hydrogen (secondary N) is 1. The lowest BCUT2D eigenvalue weighted by atomic mass is 10.1. The van der Waals surface area contributed by atoms with Gasteiger partial charge in [-0.1, -0.05) is 19.1 Å². The van der Waals surface area contributed by atoms with Gasteiger partial charge in [-0.3, -0.25) is 4.79 Å². The lowest BCUT2D eigenvalue weighted by Gasteiger charge is -2.05. The molecule has 0 aliphatic rings. The van der Waals surface area contributed by atoms with Gasteiger partial charge in [-0.2, -0.15) is 0 Å². The highest BCUT2D eigenvalue weighted by molar-refractivity contribution is 7.10. The van der Waals surface area contributed by atoms with Crippen LogP contribution in [-0.2, 0) is 17.6 Å². The fourth-order valence-corrected chi connectivity index (χ4v) is 3.17. The van der Waals surface area contributed by atoms with Crippen LogP contribution in [0.2, 0.25) is 0 Å². The average molecular weight is 358 g/mol. The summed E-state index contributed by atoms with van der Waals surface area (Å²) in [7, 11) is 0. The van der Waals surface area contributed by atoms with E-state index in [1.54, 1.807) is 5.38 Å². The monoisotopic (exact) mass is 358 g/mol. The highest BCUT2D eigenvalue weighted by Crippen LogP contribution is 2.25. The maximum absolute atomic E-state index is 13.8. The van der Waals surface area contributed by atoms with Gasteiger partial charge in [0.1, 0.15) is 16.6 Å². The number of aryl methyl sites for hydroxylation is 1. The third-order valence-electron chi connectivity index (χ3n) is 3.71. The zero-order valence-corrected chi connectivity index (χ0v) is 14.4. The van der Waals surface area contributed by atoms with Crippen molar-refractivity contribution in [3.8, 4) is 11.3 Å². The van der Waals surface area contributed by atoms with Gasteiger partial charge in [0.15, 0.2) is 0 Å². The minimum absolute atomic E-state index is 0.0805. The van der Waals surface area contributed by atoms with Gasteiger partial charge in [0.25, 0.3) is 0 Å². The van der Waals surface area contributed by atoms with Crippen molar-refractivity contribution in [1.82, 2.24) is 4.98 Å². The normalized spacial score (nSPS) is 10.7. The predicted octanol–water partition coefficient (Wildman–Crippen LogP) is 4.83. The molecule has 1 aromatic heterocycles. The van der Waals surface area contributed by atoms with Crippen molar-refractivity contribution < 1.29 is 13.6 Å². The molecule has 0 atom stereocenters. The molecule has 0 aliphatic heterocycles. The van der Waals surface area contributed by atoms with E-state index in [4.69, 9.17) is 0 Å². The Kier molecular flexibility index (Phi) is 5.19. The SMILES string of the molecule is CCc1ccc(NC(=O)Cc2nc(-c3cc(F)ccc3F)cs2)cc1. The summed E-state index contributed by atoms with van der Waals surface area (Å²) in [5.41, 5.74) is 2.34. The van der Waals surface area contributed by atoms with E-state index >= 15 is 0 Å². The van der Waals surface area contributed by atoms with Crippen molar-refractivity contribution >= 4 is 22.9 Å². The number of halogens is 2. The first-order valence-electron chi connectivity index (χ1n) is 7.83. The molecule has 0 fully saturated rings. The van der Waals surface area contributed by atoms with Crippen LogP contribution in [0.1, 0.15) is 17.5 Å². The van der Waals surface area contributed by atoms with Gasteiger partial charge in [-0.15, -0.1) is 11.3 Å². The summed E-state index contributed by atoms with van der Waals surface area (Å²) in [6.45, 7) is 2.06. The molecule has 1 N–H and O–H groups in total. The fraction of sp³-hybridized carbons (Fsp3) is 0.158. The van der Waals surface area contributed by atoms with Crippen LogP contribution >= 0.6 is 11.3 Å². The molecule has 2 aromatic carbocycles. The van der Waals surface area contributed by atoms with E-state index in [1.165, 1.54) is 16.9 Å². The van der Waals surface area contributed by atoms with Gasteiger partial charge >= 0.3 is 0 Å².